The molecule has 0 saturated heterocycles. The molecule has 0 aliphatic carbocycles. The Hall–Kier alpha value is -2.00. The Bertz CT molecular complexity index is 610. The zero-order valence-electron chi connectivity index (χ0n) is 10.2. The summed E-state index contributed by atoms with van der Waals surface area (Å²) in [5.74, 6) is -0.733. The lowest BCUT2D eigenvalue weighted by Gasteiger charge is -2.08. The van der Waals surface area contributed by atoms with Gasteiger partial charge in [-0.25, -0.2) is 8.42 Å². The predicted octanol–water partition coefficient (Wildman–Crippen LogP) is 0.355. The van der Waals surface area contributed by atoms with Crippen LogP contribution in [0.2, 0.25) is 0 Å². The molecule has 1 rings (SSSR count). The lowest BCUT2D eigenvalue weighted by Crippen LogP contribution is -2.30. The molecule has 0 heterocycles. The molecule has 0 bridgehead atoms. The van der Waals surface area contributed by atoms with Gasteiger partial charge in [-0.2, -0.15) is 4.72 Å². The number of sulfonamides is 1. The summed E-state index contributed by atoms with van der Waals surface area (Å²) in [6, 6.07) is 3.35. The minimum Gasteiger partial charge on any atom is -0.468 e. The molecule has 9 heteroatoms. The van der Waals surface area contributed by atoms with Crippen LogP contribution >= 0.6 is 0 Å². The molecule has 1 N–H and O–H groups in total. The summed E-state index contributed by atoms with van der Waals surface area (Å²) in [5, 5.41) is 10.5. The number of nitro benzene ring substituents is 1. The molecule has 0 aliphatic rings. The fourth-order valence-corrected chi connectivity index (χ4v) is 2.55. The molecule has 0 fully saturated rings. The van der Waals surface area contributed by atoms with Crippen LogP contribution in [0.15, 0.2) is 23.1 Å². The lowest BCUT2D eigenvalue weighted by atomic mass is 10.2. The van der Waals surface area contributed by atoms with E-state index < -0.39 is 27.5 Å². The molecular weight excluding hydrogens is 276 g/mol. The minimum atomic E-state index is -3.91. The van der Waals surface area contributed by atoms with Crippen molar-refractivity contribution in [3.8, 4) is 0 Å². The van der Waals surface area contributed by atoms with Crippen LogP contribution in [-0.4, -0.2) is 33.0 Å². The summed E-state index contributed by atoms with van der Waals surface area (Å²) in [7, 11) is -2.78. The largest absolute Gasteiger partial charge is 0.468 e. The molecule has 8 nitrogen and oxygen atoms in total. The highest BCUT2D eigenvalue weighted by Gasteiger charge is 2.20. The first kappa shape index (κ1) is 15.1. The summed E-state index contributed by atoms with van der Waals surface area (Å²) in [5.41, 5.74) is 0.0102. The highest BCUT2D eigenvalue weighted by Crippen LogP contribution is 2.20. The van der Waals surface area contributed by atoms with Crippen molar-refractivity contribution >= 4 is 21.7 Å². The number of hydrogen-bond donors (Lipinski definition) is 1. The average Bonchev–Trinajstić information content (AvgIpc) is 2.35. The zero-order chi connectivity index (χ0) is 14.6. The summed E-state index contributed by atoms with van der Waals surface area (Å²) >= 11 is 0. The molecule has 1 aromatic carbocycles. The van der Waals surface area contributed by atoms with Gasteiger partial charge in [0.05, 0.1) is 16.9 Å². The molecule has 0 spiro atoms. The van der Waals surface area contributed by atoms with Gasteiger partial charge in [0.1, 0.15) is 6.54 Å². The van der Waals surface area contributed by atoms with E-state index >= 15 is 0 Å². The van der Waals surface area contributed by atoms with Gasteiger partial charge in [0, 0.05) is 12.1 Å². The van der Waals surface area contributed by atoms with E-state index in [4.69, 9.17) is 0 Å². The van der Waals surface area contributed by atoms with Crippen molar-refractivity contribution in [2.24, 2.45) is 0 Å². The van der Waals surface area contributed by atoms with E-state index in [-0.39, 0.29) is 16.1 Å². The lowest BCUT2D eigenvalue weighted by molar-refractivity contribution is -0.385. The predicted molar refractivity (Wildman–Crippen MR) is 65.0 cm³/mol. The number of ether oxygens (including phenoxy) is 1. The number of methoxy groups -OCH3 is 1. The summed E-state index contributed by atoms with van der Waals surface area (Å²) < 4.78 is 30.1. The van der Waals surface area contributed by atoms with Gasteiger partial charge < -0.3 is 4.74 Å². The molecule has 19 heavy (non-hydrogen) atoms. The normalized spacial score (nSPS) is 11.1. The fraction of sp³-hybridized carbons (Fsp3) is 0.300. The van der Waals surface area contributed by atoms with Crippen molar-refractivity contribution in [3.63, 3.8) is 0 Å². The van der Waals surface area contributed by atoms with E-state index in [2.05, 4.69) is 4.74 Å². The number of nitro groups is 1. The Balaban J connectivity index is 3.02. The summed E-state index contributed by atoms with van der Waals surface area (Å²) in [4.78, 5) is 20.7. The van der Waals surface area contributed by atoms with Crippen molar-refractivity contribution in [1.82, 2.24) is 4.72 Å². The van der Waals surface area contributed by atoms with Crippen LogP contribution in [0.5, 0.6) is 0 Å². The zero-order valence-corrected chi connectivity index (χ0v) is 11.1. The summed E-state index contributed by atoms with van der Waals surface area (Å²) in [6.07, 6.45) is 0. The molecule has 1 aromatic rings. The van der Waals surface area contributed by atoms with Crippen LogP contribution in [0.1, 0.15) is 5.56 Å². The van der Waals surface area contributed by atoms with Gasteiger partial charge in [0.15, 0.2) is 0 Å². The second-order valence-corrected chi connectivity index (χ2v) is 5.34. The van der Waals surface area contributed by atoms with E-state index in [1.165, 1.54) is 6.92 Å². The number of hydrogen-bond acceptors (Lipinski definition) is 6. The smallest absolute Gasteiger partial charge is 0.320 e. The molecule has 0 amide bonds. The number of carbonyl (C=O) groups excluding carboxylic acids is 1. The molecule has 0 saturated carbocycles. The van der Waals surface area contributed by atoms with E-state index in [0.29, 0.717) is 0 Å². The van der Waals surface area contributed by atoms with Crippen LogP contribution in [0.25, 0.3) is 0 Å². The quantitative estimate of drug-likeness (QED) is 0.475. The maximum atomic E-state index is 11.9. The van der Waals surface area contributed by atoms with Crippen LogP contribution in [0.3, 0.4) is 0 Å². The van der Waals surface area contributed by atoms with Gasteiger partial charge in [-0.3, -0.25) is 14.9 Å². The average molecular weight is 288 g/mol. The number of esters is 1. The Morgan fingerprint density at radius 2 is 2.11 bits per heavy atom. The maximum absolute atomic E-state index is 11.9. The van der Waals surface area contributed by atoms with E-state index in [1.807, 2.05) is 4.72 Å². The summed E-state index contributed by atoms with van der Waals surface area (Å²) in [6.45, 7) is 0.926. The second kappa shape index (κ2) is 5.76. The Morgan fingerprint density at radius 3 is 2.58 bits per heavy atom. The highest BCUT2D eigenvalue weighted by atomic mass is 32.2. The van der Waals surface area contributed by atoms with Crippen LogP contribution < -0.4 is 4.72 Å². The molecular formula is C10H12N2O6S. The fourth-order valence-electron chi connectivity index (χ4n) is 1.35. The van der Waals surface area contributed by atoms with Crippen molar-refractivity contribution in [3.05, 3.63) is 33.9 Å². The molecule has 0 radical (unpaired) electrons. The number of rotatable bonds is 5. The van der Waals surface area contributed by atoms with Crippen molar-refractivity contribution in [1.29, 1.82) is 0 Å². The monoisotopic (exact) mass is 288 g/mol. The third-order valence-electron chi connectivity index (χ3n) is 2.29. The first-order valence-corrected chi connectivity index (χ1v) is 6.58. The van der Waals surface area contributed by atoms with Crippen LogP contribution in [0, 0.1) is 17.0 Å². The number of nitrogens with zero attached hydrogens (tertiary/aromatic N) is 1. The van der Waals surface area contributed by atoms with Gasteiger partial charge >= 0.3 is 5.97 Å². The SMILES string of the molecule is COC(=O)CNS(=O)(=O)c1ccc([N+](=O)[O-])cc1C. The molecule has 0 aliphatic heterocycles. The van der Waals surface area contributed by atoms with Crippen LogP contribution in [0.4, 0.5) is 5.69 Å². The number of nitrogens with one attached hydrogen (secondary N) is 1. The molecule has 0 atom stereocenters. The van der Waals surface area contributed by atoms with E-state index in [0.717, 1.165) is 25.3 Å². The number of benzene rings is 1. The van der Waals surface area contributed by atoms with E-state index in [9.17, 15) is 23.3 Å². The van der Waals surface area contributed by atoms with Gasteiger partial charge in [0.25, 0.3) is 5.69 Å². The number of aryl methyl sites for hydroxylation is 1. The first-order valence-electron chi connectivity index (χ1n) is 5.09. The van der Waals surface area contributed by atoms with Gasteiger partial charge in [-0.1, -0.05) is 0 Å². The van der Waals surface area contributed by atoms with Gasteiger partial charge in [0.2, 0.25) is 10.0 Å². The third kappa shape index (κ3) is 3.73. The van der Waals surface area contributed by atoms with Crippen molar-refractivity contribution < 1.29 is 22.9 Å². The van der Waals surface area contributed by atoms with Crippen molar-refractivity contribution in [2.75, 3.05) is 13.7 Å². The number of non-ortho nitro benzene ring substituents is 1. The van der Waals surface area contributed by atoms with E-state index in [1.54, 1.807) is 0 Å². The van der Waals surface area contributed by atoms with Gasteiger partial charge in [-0.15, -0.1) is 0 Å². The first-order chi connectivity index (χ1) is 8.77. The van der Waals surface area contributed by atoms with Crippen molar-refractivity contribution in [2.45, 2.75) is 11.8 Å². The van der Waals surface area contributed by atoms with Crippen LogP contribution in [-0.2, 0) is 19.6 Å². The third-order valence-corrected chi connectivity index (χ3v) is 3.85. The number of carbonyl (C=O) groups is 1. The standard InChI is InChI=1S/C10H12N2O6S/c1-7-5-8(12(14)15)3-4-9(7)19(16,17)11-6-10(13)18-2/h3-5,11H,6H2,1-2H3. The maximum Gasteiger partial charge on any atom is 0.320 e. The minimum absolute atomic E-state index is 0.123. The topological polar surface area (TPSA) is 116 Å². The molecule has 0 unspecified atom stereocenters. The molecule has 0 aromatic heterocycles. The Kier molecular flexibility index (Phi) is 4.57. The second-order valence-electron chi connectivity index (χ2n) is 3.61. The highest BCUT2D eigenvalue weighted by molar-refractivity contribution is 7.89. The Labute approximate surface area is 109 Å². The Morgan fingerprint density at radius 1 is 1.47 bits per heavy atom. The molecule has 104 valence electrons. The van der Waals surface area contributed by atoms with Gasteiger partial charge in [-0.05, 0) is 18.6 Å².